The van der Waals surface area contributed by atoms with Crippen LogP contribution in [0.2, 0.25) is 0 Å². The van der Waals surface area contributed by atoms with Gasteiger partial charge in [0.2, 0.25) is 0 Å². The molecule has 0 unspecified atom stereocenters. The fraction of sp³-hybridized carbons (Fsp3) is 0. The van der Waals surface area contributed by atoms with Crippen LogP contribution in [-0.4, -0.2) is 52.7 Å². The van der Waals surface area contributed by atoms with Crippen molar-refractivity contribution in [1.29, 1.82) is 0 Å². The third-order valence-electron chi connectivity index (χ3n) is 3.25. The number of hydrogen-bond donors (Lipinski definition) is 0. The summed E-state index contributed by atoms with van der Waals surface area (Å²) in [6, 6.07) is 7.63. The van der Waals surface area contributed by atoms with E-state index in [0.29, 0.717) is 0 Å². The van der Waals surface area contributed by atoms with Gasteiger partial charge in [-0.3, -0.25) is 0 Å². The Morgan fingerprint density at radius 2 is 0.762 bits per heavy atom. The van der Waals surface area contributed by atoms with E-state index in [-0.39, 0.29) is 0 Å². The molecular formula is C12H12N8Pb. The average molecular weight is 475 g/mol. The molecule has 0 fully saturated rings. The summed E-state index contributed by atoms with van der Waals surface area (Å²) in [4.78, 5) is 0. The summed E-state index contributed by atoms with van der Waals surface area (Å²) in [6.45, 7) is 0. The molecule has 0 spiro atoms. The molecule has 0 bridgehead atoms. The molecule has 0 aliphatic heterocycles. The van der Waals surface area contributed by atoms with Crippen LogP contribution >= 0.6 is 0 Å². The first-order valence-corrected chi connectivity index (χ1v) is 13.4. The van der Waals surface area contributed by atoms with Gasteiger partial charge >= 0.3 is 127 Å². The predicted octanol–water partition coefficient (Wildman–Crippen LogP) is 0.401. The van der Waals surface area contributed by atoms with Crippen molar-refractivity contribution >= 4 is 22.4 Å². The summed E-state index contributed by atoms with van der Waals surface area (Å²) in [5, 5.41) is 18.0. The van der Waals surface area contributed by atoms with Crippen LogP contribution in [0.1, 0.15) is 0 Å². The molecule has 0 atom stereocenters. The van der Waals surface area contributed by atoms with E-state index in [1.54, 1.807) is 24.8 Å². The second-order valence-corrected chi connectivity index (χ2v) is 16.2. The molecule has 4 aromatic heterocycles. The quantitative estimate of drug-likeness (QED) is 0.401. The first-order chi connectivity index (χ1) is 10.4. The Labute approximate surface area is 126 Å². The van der Waals surface area contributed by atoms with Crippen molar-refractivity contribution < 1.29 is 0 Å². The minimum absolute atomic E-state index is 1.77. The Morgan fingerprint density at radius 1 is 0.476 bits per heavy atom. The molecule has 0 amide bonds. The number of aromatic nitrogens is 8. The van der Waals surface area contributed by atoms with Crippen molar-refractivity contribution in [3.05, 3.63) is 73.8 Å². The number of hydrogen-bond acceptors (Lipinski definition) is 4. The van der Waals surface area contributed by atoms with E-state index < -0.39 is 22.4 Å². The van der Waals surface area contributed by atoms with Crippen molar-refractivity contribution in [1.82, 2.24) is 30.4 Å². The van der Waals surface area contributed by atoms with Crippen LogP contribution in [0.15, 0.2) is 73.8 Å². The van der Waals surface area contributed by atoms with Crippen molar-refractivity contribution in [3.63, 3.8) is 0 Å². The third-order valence-corrected chi connectivity index (χ3v) is 16.9. The Bertz CT molecular complexity index is 643. The third kappa shape index (κ3) is 1.78. The maximum atomic E-state index is 4.49. The first kappa shape index (κ1) is 12.5. The van der Waals surface area contributed by atoms with Crippen LogP contribution in [0.3, 0.4) is 0 Å². The minimum atomic E-state index is -4.00. The fourth-order valence-electron chi connectivity index (χ4n) is 2.41. The summed E-state index contributed by atoms with van der Waals surface area (Å²) in [7, 11) is 0. The van der Waals surface area contributed by atoms with E-state index in [1.165, 1.54) is 0 Å². The van der Waals surface area contributed by atoms with Gasteiger partial charge in [0, 0.05) is 0 Å². The van der Waals surface area contributed by atoms with Crippen molar-refractivity contribution in [2.24, 2.45) is 0 Å². The van der Waals surface area contributed by atoms with Gasteiger partial charge in [-0.2, -0.15) is 0 Å². The van der Waals surface area contributed by atoms with Crippen LogP contribution < -0.4 is 0 Å². The van der Waals surface area contributed by atoms with Gasteiger partial charge in [0.15, 0.2) is 0 Å². The van der Waals surface area contributed by atoms with Gasteiger partial charge in [-0.1, -0.05) is 0 Å². The molecule has 4 aromatic rings. The average Bonchev–Trinajstić information content (AvgIpc) is 3.32. The molecule has 0 saturated heterocycles. The van der Waals surface area contributed by atoms with Crippen molar-refractivity contribution in [2.45, 2.75) is 0 Å². The topological polar surface area (TPSA) is 71.3 Å². The predicted molar refractivity (Wildman–Crippen MR) is 76.3 cm³/mol. The number of nitrogens with zero attached hydrogens (tertiary/aromatic N) is 8. The molecule has 4 rings (SSSR count). The van der Waals surface area contributed by atoms with Crippen LogP contribution in [0.4, 0.5) is 0 Å². The molecule has 0 aliphatic carbocycles. The molecule has 0 radical (unpaired) electrons. The number of rotatable bonds is 4. The van der Waals surface area contributed by atoms with E-state index >= 15 is 0 Å². The van der Waals surface area contributed by atoms with E-state index in [9.17, 15) is 0 Å². The normalized spacial score (nSPS) is 11.8. The standard InChI is InChI=1S/4C3H3N2.Pb/c4*1-2-4-5-3-1;/h4*1-3H;/q4*-1;+4. The molecule has 0 saturated carbocycles. The van der Waals surface area contributed by atoms with Gasteiger partial charge in [0.25, 0.3) is 0 Å². The van der Waals surface area contributed by atoms with Gasteiger partial charge in [0.1, 0.15) is 0 Å². The maximum absolute atomic E-state index is 4.49. The van der Waals surface area contributed by atoms with Gasteiger partial charge in [0.05, 0.1) is 0 Å². The van der Waals surface area contributed by atoms with Crippen LogP contribution in [0.25, 0.3) is 0 Å². The molecule has 0 aliphatic rings. The van der Waals surface area contributed by atoms with Gasteiger partial charge in [-0.05, 0) is 0 Å². The molecule has 21 heavy (non-hydrogen) atoms. The SMILES string of the molecule is c1cn[n]([Pb]([n]2cccn2)([n]2cccn2)[n]2cccn2)c1. The molecule has 0 N–H and O–H groups in total. The summed E-state index contributed by atoms with van der Waals surface area (Å²) >= 11 is -4.00. The molecule has 4 heterocycles. The van der Waals surface area contributed by atoms with Crippen LogP contribution in [0.5, 0.6) is 0 Å². The van der Waals surface area contributed by atoms with Crippen molar-refractivity contribution in [3.8, 4) is 0 Å². The Balaban J connectivity index is 2.10. The monoisotopic (exact) mass is 476 g/mol. The van der Waals surface area contributed by atoms with Crippen molar-refractivity contribution in [2.75, 3.05) is 0 Å². The van der Waals surface area contributed by atoms with Gasteiger partial charge < -0.3 is 0 Å². The molecular weight excluding hydrogens is 463 g/mol. The van der Waals surface area contributed by atoms with E-state index in [0.717, 1.165) is 0 Å². The fourth-order valence-corrected chi connectivity index (χ4v) is 15.2. The first-order valence-electron chi connectivity index (χ1n) is 6.43. The Kier molecular flexibility index (Phi) is 2.94. The molecule has 8 nitrogen and oxygen atoms in total. The van der Waals surface area contributed by atoms with E-state index in [4.69, 9.17) is 0 Å². The Hall–Kier alpha value is -2.24. The zero-order valence-electron chi connectivity index (χ0n) is 11.0. The van der Waals surface area contributed by atoms with Crippen LogP contribution in [0, 0.1) is 0 Å². The summed E-state index contributed by atoms with van der Waals surface area (Å²) in [6.07, 6.45) is 14.9. The zero-order chi connectivity index (χ0) is 14.1. The van der Waals surface area contributed by atoms with E-state index in [1.807, 2.05) is 59.0 Å². The second-order valence-electron chi connectivity index (χ2n) is 4.40. The van der Waals surface area contributed by atoms with Crippen LogP contribution in [-0.2, 0) is 0 Å². The Morgan fingerprint density at radius 3 is 0.952 bits per heavy atom. The molecule has 104 valence electrons. The van der Waals surface area contributed by atoms with Gasteiger partial charge in [-0.25, -0.2) is 0 Å². The second kappa shape index (κ2) is 4.95. The summed E-state index contributed by atoms with van der Waals surface area (Å²) in [5.74, 6) is 0. The zero-order valence-corrected chi connectivity index (χ0v) is 14.9. The molecule has 0 aromatic carbocycles. The van der Waals surface area contributed by atoms with E-state index in [2.05, 4.69) is 20.4 Å². The van der Waals surface area contributed by atoms with Gasteiger partial charge in [-0.15, -0.1) is 0 Å². The summed E-state index contributed by atoms with van der Waals surface area (Å²) in [5.41, 5.74) is 0. The summed E-state index contributed by atoms with van der Waals surface area (Å²) < 4.78 is 7.89. The molecule has 9 heteroatoms.